The molecule has 0 bridgehead atoms. The Bertz CT molecular complexity index is 1050. The first-order valence-corrected chi connectivity index (χ1v) is 9.91. The average molecular weight is 387 g/mol. The van der Waals surface area contributed by atoms with Crippen molar-refractivity contribution in [3.63, 3.8) is 0 Å². The van der Waals surface area contributed by atoms with E-state index >= 15 is 0 Å². The van der Waals surface area contributed by atoms with Crippen LogP contribution in [0.1, 0.15) is 40.9 Å². The van der Waals surface area contributed by atoms with Crippen molar-refractivity contribution in [3.8, 4) is 17.6 Å². The molecule has 1 fully saturated rings. The summed E-state index contributed by atoms with van der Waals surface area (Å²) in [4.78, 5) is 14.1. The van der Waals surface area contributed by atoms with E-state index in [-0.39, 0.29) is 0 Å². The number of carbonyl (C=O) groups excluding carboxylic acids is 1. The summed E-state index contributed by atoms with van der Waals surface area (Å²) in [6, 6.07) is 12.5. The van der Waals surface area contributed by atoms with Crippen molar-refractivity contribution < 1.29 is 14.1 Å². The molecule has 0 aliphatic carbocycles. The topological polar surface area (TPSA) is 79.4 Å². The maximum Gasteiger partial charge on any atom is 0.185 e. The van der Waals surface area contributed by atoms with Gasteiger partial charge in [0.25, 0.3) is 0 Å². The average Bonchev–Trinajstić information content (AvgIpc) is 3.17. The van der Waals surface area contributed by atoms with E-state index < -0.39 is 0 Å². The van der Waals surface area contributed by atoms with Crippen LogP contribution in [0.2, 0.25) is 0 Å². The summed E-state index contributed by atoms with van der Waals surface area (Å²) in [6.45, 7) is 2.30. The number of hydrogen-bond donors (Lipinski definition) is 0. The monoisotopic (exact) mass is 387 g/mol. The third kappa shape index (κ3) is 4.18. The fraction of sp³-hybridized carbons (Fsp3) is 0.318. The van der Waals surface area contributed by atoms with Gasteiger partial charge in [-0.15, -0.1) is 0 Å². The van der Waals surface area contributed by atoms with E-state index in [9.17, 15) is 4.79 Å². The van der Waals surface area contributed by atoms with Crippen molar-refractivity contribution in [2.75, 3.05) is 13.1 Å². The smallest absolute Gasteiger partial charge is 0.185 e. The minimum atomic E-state index is 0.352. The summed E-state index contributed by atoms with van der Waals surface area (Å²) in [5, 5.41) is 14.0. The zero-order valence-electron chi connectivity index (χ0n) is 16.4. The number of aromatic nitrogens is 1. The van der Waals surface area contributed by atoms with Crippen LogP contribution in [0.25, 0.3) is 11.0 Å². The first-order valence-electron chi connectivity index (χ1n) is 9.91. The van der Waals surface area contributed by atoms with Gasteiger partial charge in [0, 0.05) is 5.39 Å². The van der Waals surface area contributed by atoms with E-state index in [1.807, 2.05) is 6.07 Å². The van der Waals surface area contributed by atoms with Crippen molar-refractivity contribution in [1.29, 1.82) is 5.26 Å². The summed E-state index contributed by atoms with van der Waals surface area (Å²) >= 11 is 0. The Morgan fingerprint density at radius 3 is 2.69 bits per heavy atom. The number of nitrogens with zero attached hydrogens (tertiary/aromatic N) is 3. The number of hydrogen-bond acceptors (Lipinski definition) is 6. The van der Waals surface area contributed by atoms with Gasteiger partial charge in [0.1, 0.15) is 17.1 Å². The highest BCUT2D eigenvalue weighted by Crippen LogP contribution is 2.33. The number of benzene rings is 2. The molecule has 0 N–H and O–H groups in total. The lowest BCUT2D eigenvalue weighted by Gasteiger charge is -2.29. The Morgan fingerprint density at radius 1 is 1.24 bits per heavy atom. The van der Waals surface area contributed by atoms with Gasteiger partial charge in [-0.05, 0) is 81.1 Å². The fourth-order valence-electron chi connectivity index (χ4n) is 3.85. The Morgan fingerprint density at radius 2 is 2.00 bits per heavy atom. The minimum absolute atomic E-state index is 0.352. The van der Waals surface area contributed by atoms with E-state index in [0.29, 0.717) is 34.1 Å². The second-order valence-corrected chi connectivity index (χ2v) is 7.62. The molecule has 1 aliphatic heterocycles. The van der Waals surface area contributed by atoms with Gasteiger partial charge in [-0.3, -0.25) is 4.79 Å². The molecular formula is C22H22BN3O3. The third-order valence-corrected chi connectivity index (χ3v) is 5.67. The molecule has 0 radical (unpaired) electrons. The molecule has 0 unspecified atom stereocenters. The van der Waals surface area contributed by atoms with Crippen LogP contribution < -0.4 is 4.74 Å². The summed E-state index contributed by atoms with van der Waals surface area (Å²) in [5.74, 6) is 1.67. The van der Waals surface area contributed by atoms with Crippen LogP contribution in [0.15, 0.2) is 40.9 Å². The van der Waals surface area contributed by atoms with Crippen LogP contribution in [-0.2, 0) is 6.42 Å². The predicted molar refractivity (Wildman–Crippen MR) is 112 cm³/mol. The lowest BCUT2D eigenvalue weighted by molar-refractivity contribution is 0.112. The summed E-state index contributed by atoms with van der Waals surface area (Å²) in [6.07, 6.45) is 5.10. The maximum atomic E-state index is 11.8. The third-order valence-electron chi connectivity index (χ3n) is 5.67. The van der Waals surface area contributed by atoms with Crippen molar-refractivity contribution in [2.24, 2.45) is 5.92 Å². The highest BCUT2D eigenvalue weighted by atomic mass is 16.5. The molecule has 6 nitrogen and oxygen atoms in total. The molecule has 3 aromatic rings. The Hall–Kier alpha value is -3.11. The number of aryl methyl sites for hydroxylation is 1. The molecule has 1 saturated heterocycles. The van der Waals surface area contributed by atoms with E-state index in [4.69, 9.17) is 14.5 Å². The lowest BCUT2D eigenvalue weighted by atomic mass is 9.90. The van der Waals surface area contributed by atoms with Gasteiger partial charge >= 0.3 is 0 Å². The number of fused-ring (bicyclic) bond motifs is 1. The van der Waals surface area contributed by atoms with Crippen LogP contribution in [0.5, 0.6) is 11.5 Å². The molecule has 7 heteroatoms. The van der Waals surface area contributed by atoms with Gasteiger partial charge in [-0.2, -0.15) is 5.26 Å². The summed E-state index contributed by atoms with van der Waals surface area (Å²) in [5.41, 5.74) is 2.26. The van der Waals surface area contributed by atoms with Crippen molar-refractivity contribution >= 4 is 25.2 Å². The van der Waals surface area contributed by atoms with Gasteiger partial charge in [-0.1, -0.05) is 5.16 Å². The quantitative estimate of drug-likeness (QED) is 0.476. The van der Waals surface area contributed by atoms with Gasteiger partial charge in [-0.25, -0.2) is 0 Å². The van der Waals surface area contributed by atoms with E-state index in [1.54, 1.807) is 30.3 Å². The van der Waals surface area contributed by atoms with Crippen LogP contribution in [-0.4, -0.2) is 37.3 Å². The zero-order chi connectivity index (χ0) is 20.2. The standard InChI is InChI=1S/C22H22BN3O3/c23-26-11-9-15(10-12-26)3-7-20-18-6-8-21(19(14-27)22(18)29-25-20)28-17-4-1-16(13-24)2-5-17/h1-2,4-6,8,14-15H,3,7,9-12,23H2. The number of aldehydes is 1. The number of carbonyl (C=O) groups is 1. The lowest BCUT2D eigenvalue weighted by Crippen LogP contribution is -2.31. The van der Waals surface area contributed by atoms with E-state index in [1.165, 1.54) is 12.8 Å². The molecule has 0 amide bonds. The molecular weight excluding hydrogens is 365 g/mol. The normalized spacial score (nSPS) is 15.3. The maximum absolute atomic E-state index is 11.8. The van der Waals surface area contributed by atoms with Crippen molar-refractivity contribution in [2.45, 2.75) is 25.7 Å². The van der Waals surface area contributed by atoms with Crippen molar-refractivity contribution in [3.05, 3.63) is 53.2 Å². The molecule has 2 heterocycles. The van der Waals surface area contributed by atoms with Gasteiger partial charge in [0.05, 0.1) is 17.3 Å². The molecule has 2 aromatic carbocycles. The second-order valence-electron chi connectivity index (χ2n) is 7.62. The first-order chi connectivity index (χ1) is 14.2. The molecule has 1 aromatic heterocycles. The predicted octanol–water partition coefficient (Wildman–Crippen LogP) is 3.50. The number of nitriles is 1. The Balaban J connectivity index is 1.53. The number of rotatable bonds is 6. The number of piperidine rings is 1. The van der Waals surface area contributed by atoms with Crippen LogP contribution >= 0.6 is 0 Å². The second kappa shape index (κ2) is 8.50. The largest absolute Gasteiger partial charge is 0.456 e. The molecule has 0 spiro atoms. The van der Waals surface area contributed by atoms with Crippen LogP contribution in [0.3, 0.4) is 0 Å². The van der Waals surface area contributed by atoms with Crippen LogP contribution in [0.4, 0.5) is 0 Å². The van der Waals surface area contributed by atoms with E-state index in [2.05, 4.69) is 24.0 Å². The molecule has 146 valence electrons. The molecule has 0 atom stereocenters. The fourth-order valence-corrected chi connectivity index (χ4v) is 3.85. The van der Waals surface area contributed by atoms with E-state index in [0.717, 1.165) is 43.3 Å². The van der Waals surface area contributed by atoms with Gasteiger partial charge in [0.2, 0.25) is 0 Å². The summed E-state index contributed by atoms with van der Waals surface area (Å²) in [7, 11) is 2.17. The zero-order valence-corrected chi connectivity index (χ0v) is 16.4. The highest BCUT2D eigenvalue weighted by Gasteiger charge is 2.20. The molecule has 4 rings (SSSR count). The number of ether oxygens (including phenoxy) is 1. The molecule has 1 aliphatic rings. The van der Waals surface area contributed by atoms with Gasteiger partial charge in [0.15, 0.2) is 19.9 Å². The van der Waals surface area contributed by atoms with Gasteiger partial charge < -0.3 is 14.1 Å². The van der Waals surface area contributed by atoms with Crippen LogP contribution in [0, 0.1) is 17.2 Å². The molecule has 29 heavy (non-hydrogen) atoms. The Labute approximate surface area is 170 Å². The minimum Gasteiger partial charge on any atom is -0.456 e. The van der Waals surface area contributed by atoms with Crippen molar-refractivity contribution in [1.82, 2.24) is 9.97 Å². The SMILES string of the molecule is BN1CCC(CCc2noc3c(C=O)c(Oc4ccc(C#N)cc4)ccc23)CC1. The Kier molecular flexibility index (Phi) is 5.63. The molecule has 0 saturated carbocycles. The highest BCUT2D eigenvalue weighted by molar-refractivity contribution is 6.04. The first kappa shape index (κ1) is 19.2. The summed E-state index contributed by atoms with van der Waals surface area (Å²) < 4.78 is 11.4.